The second kappa shape index (κ2) is 4.35. The van der Waals surface area contributed by atoms with E-state index in [2.05, 4.69) is 0 Å². The van der Waals surface area contributed by atoms with E-state index in [1.54, 1.807) is 19.1 Å². The lowest BCUT2D eigenvalue weighted by molar-refractivity contribution is -0.115. The number of Topliss-reactive ketones (excluding diaryl/α,β-unsaturated/α-hetero) is 1. The normalized spacial score (nSPS) is 22.2. The maximum Gasteiger partial charge on any atom is 0.162 e. The van der Waals surface area contributed by atoms with Crippen molar-refractivity contribution in [3.63, 3.8) is 0 Å². The third kappa shape index (κ3) is 2.26. The van der Waals surface area contributed by atoms with E-state index in [0.29, 0.717) is 24.0 Å². The Balaban J connectivity index is 2.81. The highest BCUT2D eigenvalue weighted by Crippen LogP contribution is 2.18. The van der Waals surface area contributed by atoms with Crippen LogP contribution >= 0.6 is 0 Å². The van der Waals surface area contributed by atoms with Gasteiger partial charge in [0.05, 0.1) is 12.7 Å². The summed E-state index contributed by atoms with van der Waals surface area (Å²) in [6.45, 7) is 1.61. The lowest BCUT2D eigenvalue weighted by Gasteiger charge is -2.16. The Labute approximate surface area is 77.4 Å². The van der Waals surface area contributed by atoms with Gasteiger partial charge in [-0.2, -0.15) is 0 Å². The SMILES string of the molecule is CCC(=O)C1=CCC(O)C(CO)=C1. The van der Waals surface area contributed by atoms with E-state index in [1.807, 2.05) is 0 Å². The molecule has 1 aliphatic carbocycles. The summed E-state index contributed by atoms with van der Waals surface area (Å²) < 4.78 is 0. The molecule has 0 aromatic rings. The molecule has 0 aromatic heterocycles. The maximum atomic E-state index is 11.3. The van der Waals surface area contributed by atoms with Crippen molar-refractivity contribution in [1.29, 1.82) is 0 Å². The number of allylic oxidation sites excluding steroid dienone is 2. The van der Waals surface area contributed by atoms with Crippen LogP contribution in [0, 0.1) is 0 Å². The van der Waals surface area contributed by atoms with E-state index in [9.17, 15) is 9.90 Å². The van der Waals surface area contributed by atoms with Crippen molar-refractivity contribution in [1.82, 2.24) is 0 Å². The van der Waals surface area contributed by atoms with E-state index < -0.39 is 6.10 Å². The summed E-state index contributed by atoms with van der Waals surface area (Å²) >= 11 is 0. The summed E-state index contributed by atoms with van der Waals surface area (Å²) in [5.74, 6) is 0.0536. The lowest BCUT2D eigenvalue weighted by Crippen LogP contribution is -2.17. The predicted molar refractivity (Wildman–Crippen MR) is 49.2 cm³/mol. The number of aliphatic hydroxyl groups excluding tert-OH is 2. The van der Waals surface area contributed by atoms with Crippen LogP contribution in [0.2, 0.25) is 0 Å². The van der Waals surface area contributed by atoms with E-state index in [0.717, 1.165) is 0 Å². The molecule has 1 rings (SSSR count). The molecule has 0 heterocycles. The van der Waals surface area contributed by atoms with Crippen LogP contribution in [0.3, 0.4) is 0 Å². The minimum atomic E-state index is -0.626. The van der Waals surface area contributed by atoms with Crippen molar-refractivity contribution in [3.8, 4) is 0 Å². The van der Waals surface area contributed by atoms with Gasteiger partial charge in [-0.25, -0.2) is 0 Å². The molecule has 0 aromatic carbocycles. The smallest absolute Gasteiger partial charge is 0.162 e. The molecule has 1 unspecified atom stereocenters. The topological polar surface area (TPSA) is 57.5 Å². The molecule has 13 heavy (non-hydrogen) atoms. The first-order chi connectivity index (χ1) is 6.19. The summed E-state index contributed by atoms with van der Waals surface area (Å²) in [5, 5.41) is 18.2. The molecule has 3 heteroatoms. The number of carbonyl (C=O) groups excluding carboxylic acids is 1. The van der Waals surface area contributed by atoms with Gasteiger partial charge < -0.3 is 10.2 Å². The van der Waals surface area contributed by atoms with E-state index in [-0.39, 0.29) is 12.4 Å². The van der Waals surface area contributed by atoms with Gasteiger partial charge in [-0.15, -0.1) is 0 Å². The lowest BCUT2D eigenvalue weighted by atomic mass is 9.94. The number of hydrogen-bond donors (Lipinski definition) is 2. The minimum Gasteiger partial charge on any atom is -0.392 e. The molecule has 0 radical (unpaired) electrons. The molecule has 0 bridgehead atoms. The van der Waals surface area contributed by atoms with E-state index in [1.165, 1.54) is 0 Å². The summed E-state index contributed by atoms with van der Waals surface area (Å²) in [6.07, 6.45) is 3.55. The molecule has 0 amide bonds. The Kier molecular flexibility index (Phi) is 3.39. The number of aliphatic hydroxyl groups is 2. The van der Waals surface area contributed by atoms with Crippen LogP contribution < -0.4 is 0 Å². The van der Waals surface area contributed by atoms with Crippen molar-refractivity contribution in [2.75, 3.05) is 6.61 Å². The van der Waals surface area contributed by atoms with Gasteiger partial charge in [0.25, 0.3) is 0 Å². The molecule has 0 spiro atoms. The largest absolute Gasteiger partial charge is 0.392 e. The second-order valence-corrected chi connectivity index (χ2v) is 3.07. The standard InChI is InChI=1S/C10H14O3/c1-2-9(12)7-3-4-10(13)8(5-7)6-11/h3,5,10-11,13H,2,4,6H2,1H3. The first kappa shape index (κ1) is 10.2. The molecule has 1 atom stereocenters. The molecule has 1 aliphatic rings. The Morgan fingerprint density at radius 2 is 2.38 bits per heavy atom. The van der Waals surface area contributed by atoms with Crippen LogP contribution in [0.15, 0.2) is 23.3 Å². The zero-order chi connectivity index (χ0) is 9.84. The number of hydrogen-bond acceptors (Lipinski definition) is 3. The van der Waals surface area contributed by atoms with Gasteiger partial charge in [-0.3, -0.25) is 4.79 Å². The highest BCUT2D eigenvalue weighted by atomic mass is 16.3. The first-order valence-electron chi connectivity index (χ1n) is 4.41. The van der Waals surface area contributed by atoms with Crippen molar-refractivity contribution < 1.29 is 15.0 Å². The summed E-state index contributed by atoms with van der Waals surface area (Å²) in [5.41, 5.74) is 1.14. The number of ketones is 1. The van der Waals surface area contributed by atoms with Crippen molar-refractivity contribution in [2.24, 2.45) is 0 Å². The van der Waals surface area contributed by atoms with Gasteiger partial charge in [-0.05, 0) is 18.1 Å². The summed E-state index contributed by atoms with van der Waals surface area (Å²) in [6, 6.07) is 0. The van der Waals surface area contributed by atoms with Gasteiger partial charge in [0.1, 0.15) is 0 Å². The van der Waals surface area contributed by atoms with Gasteiger partial charge >= 0.3 is 0 Å². The molecule has 0 saturated carbocycles. The Hall–Kier alpha value is -0.930. The van der Waals surface area contributed by atoms with Gasteiger partial charge in [0.15, 0.2) is 5.78 Å². The third-order valence-corrected chi connectivity index (χ3v) is 2.16. The molecule has 3 nitrogen and oxygen atoms in total. The Morgan fingerprint density at radius 3 is 2.92 bits per heavy atom. The quantitative estimate of drug-likeness (QED) is 0.671. The van der Waals surface area contributed by atoms with Crippen LogP contribution in [0.5, 0.6) is 0 Å². The number of rotatable bonds is 3. The zero-order valence-corrected chi connectivity index (χ0v) is 7.66. The monoisotopic (exact) mass is 182 g/mol. The summed E-state index contributed by atoms with van der Waals surface area (Å²) in [4.78, 5) is 11.3. The highest BCUT2D eigenvalue weighted by molar-refractivity contribution is 5.98. The van der Waals surface area contributed by atoms with Crippen LogP contribution in [0.25, 0.3) is 0 Å². The molecular weight excluding hydrogens is 168 g/mol. The molecule has 0 aliphatic heterocycles. The molecule has 2 N–H and O–H groups in total. The predicted octanol–water partition coefficient (Wildman–Crippen LogP) is 0.575. The summed E-state index contributed by atoms with van der Waals surface area (Å²) in [7, 11) is 0. The molecule has 72 valence electrons. The van der Waals surface area contributed by atoms with Crippen LogP contribution in [-0.4, -0.2) is 28.7 Å². The second-order valence-electron chi connectivity index (χ2n) is 3.07. The average molecular weight is 182 g/mol. The van der Waals surface area contributed by atoms with Crippen molar-refractivity contribution in [2.45, 2.75) is 25.9 Å². The molecule has 0 fully saturated rings. The van der Waals surface area contributed by atoms with Crippen molar-refractivity contribution in [3.05, 3.63) is 23.3 Å². The minimum absolute atomic E-state index is 0.0536. The van der Waals surface area contributed by atoms with Crippen molar-refractivity contribution >= 4 is 5.78 Å². The maximum absolute atomic E-state index is 11.3. The fraction of sp³-hybridized carbons (Fsp3) is 0.500. The van der Waals surface area contributed by atoms with Gasteiger partial charge in [0.2, 0.25) is 0 Å². The van der Waals surface area contributed by atoms with Crippen LogP contribution in [0.1, 0.15) is 19.8 Å². The highest BCUT2D eigenvalue weighted by Gasteiger charge is 2.16. The fourth-order valence-corrected chi connectivity index (χ4v) is 1.29. The third-order valence-electron chi connectivity index (χ3n) is 2.16. The molecular formula is C10H14O3. The van der Waals surface area contributed by atoms with Crippen LogP contribution in [0.4, 0.5) is 0 Å². The first-order valence-corrected chi connectivity index (χ1v) is 4.41. The number of carbonyl (C=O) groups is 1. The molecule has 0 saturated heterocycles. The fourth-order valence-electron chi connectivity index (χ4n) is 1.29. The Morgan fingerprint density at radius 1 is 1.69 bits per heavy atom. The van der Waals surface area contributed by atoms with E-state index in [4.69, 9.17) is 5.11 Å². The zero-order valence-electron chi connectivity index (χ0n) is 7.66. The van der Waals surface area contributed by atoms with Gasteiger partial charge in [0, 0.05) is 12.0 Å². The van der Waals surface area contributed by atoms with E-state index >= 15 is 0 Å². The Bertz CT molecular complexity index is 263. The van der Waals surface area contributed by atoms with Gasteiger partial charge in [-0.1, -0.05) is 13.0 Å². The average Bonchev–Trinajstić information content (AvgIpc) is 2.17. The van der Waals surface area contributed by atoms with Crippen LogP contribution in [-0.2, 0) is 4.79 Å².